The summed E-state index contributed by atoms with van der Waals surface area (Å²) in [6.07, 6.45) is 3.96. The Hall–Kier alpha value is -1.81. The van der Waals surface area contributed by atoms with Gasteiger partial charge in [-0.25, -0.2) is 0 Å². The van der Waals surface area contributed by atoms with E-state index < -0.39 is 0 Å². The van der Waals surface area contributed by atoms with Gasteiger partial charge in [0.15, 0.2) is 0 Å². The first-order valence-electron chi connectivity index (χ1n) is 7.66. The number of aryl methyl sites for hydroxylation is 1. The molecule has 1 aromatic heterocycles. The van der Waals surface area contributed by atoms with E-state index in [0.29, 0.717) is 6.04 Å². The van der Waals surface area contributed by atoms with Crippen LogP contribution < -0.4 is 10.1 Å². The second-order valence-corrected chi connectivity index (χ2v) is 5.13. The van der Waals surface area contributed by atoms with E-state index in [4.69, 9.17) is 4.74 Å². The fourth-order valence-corrected chi connectivity index (χ4v) is 2.50. The minimum absolute atomic E-state index is 0.292. The van der Waals surface area contributed by atoms with Crippen LogP contribution in [0.25, 0.3) is 0 Å². The average molecular weight is 287 g/mol. The summed E-state index contributed by atoms with van der Waals surface area (Å²) in [5.41, 5.74) is 2.55. The van der Waals surface area contributed by atoms with Crippen LogP contribution in [0.5, 0.6) is 5.75 Å². The van der Waals surface area contributed by atoms with Crippen LogP contribution in [0.4, 0.5) is 0 Å². The topological polar surface area (TPSA) is 39.1 Å². The molecule has 21 heavy (non-hydrogen) atoms. The quantitative estimate of drug-likeness (QED) is 0.810. The van der Waals surface area contributed by atoms with Gasteiger partial charge in [-0.3, -0.25) is 4.68 Å². The van der Waals surface area contributed by atoms with Gasteiger partial charge in [0.2, 0.25) is 0 Å². The van der Waals surface area contributed by atoms with Gasteiger partial charge in [0, 0.05) is 12.7 Å². The van der Waals surface area contributed by atoms with E-state index in [9.17, 15) is 0 Å². The molecule has 0 bridgehead atoms. The van der Waals surface area contributed by atoms with Crippen molar-refractivity contribution in [2.45, 2.75) is 39.3 Å². The number of aromatic nitrogens is 2. The molecule has 1 unspecified atom stereocenters. The van der Waals surface area contributed by atoms with Crippen molar-refractivity contribution in [1.29, 1.82) is 0 Å². The van der Waals surface area contributed by atoms with Gasteiger partial charge in [0.25, 0.3) is 0 Å². The maximum Gasteiger partial charge on any atom is 0.118 e. The molecule has 0 aliphatic heterocycles. The molecule has 0 aliphatic rings. The van der Waals surface area contributed by atoms with Crippen molar-refractivity contribution in [3.05, 3.63) is 47.8 Å². The van der Waals surface area contributed by atoms with Crippen molar-refractivity contribution in [1.82, 2.24) is 15.1 Å². The first-order chi connectivity index (χ1) is 10.3. The number of ether oxygens (including phenoxy) is 1. The van der Waals surface area contributed by atoms with Crippen molar-refractivity contribution < 1.29 is 4.74 Å². The highest BCUT2D eigenvalue weighted by molar-refractivity contribution is 5.28. The third kappa shape index (κ3) is 4.08. The van der Waals surface area contributed by atoms with Crippen LogP contribution in [0.2, 0.25) is 0 Å². The summed E-state index contributed by atoms with van der Waals surface area (Å²) in [5.74, 6) is 0.899. The third-order valence-electron chi connectivity index (χ3n) is 3.65. The summed E-state index contributed by atoms with van der Waals surface area (Å²) >= 11 is 0. The van der Waals surface area contributed by atoms with Gasteiger partial charge in [-0.1, -0.05) is 19.1 Å². The SMILES string of the molecule is CCCNC(Cc1ccc(OC)cc1)c1ccnn1CC. The minimum Gasteiger partial charge on any atom is -0.497 e. The van der Waals surface area contributed by atoms with E-state index >= 15 is 0 Å². The van der Waals surface area contributed by atoms with Gasteiger partial charge >= 0.3 is 0 Å². The van der Waals surface area contributed by atoms with Crippen molar-refractivity contribution in [3.63, 3.8) is 0 Å². The molecule has 4 heteroatoms. The van der Waals surface area contributed by atoms with Crippen LogP contribution in [-0.2, 0) is 13.0 Å². The zero-order valence-electron chi connectivity index (χ0n) is 13.2. The molecule has 0 spiro atoms. The predicted molar refractivity (Wildman–Crippen MR) is 85.6 cm³/mol. The Morgan fingerprint density at radius 2 is 1.95 bits per heavy atom. The second-order valence-electron chi connectivity index (χ2n) is 5.13. The van der Waals surface area contributed by atoms with Crippen LogP contribution >= 0.6 is 0 Å². The first kappa shape index (κ1) is 15.6. The highest BCUT2D eigenvalue weighted by atomic mass is 16.5. The van der Waals surface area contributed by atoms with Crippen molar-refractivity contribution in [2.24, 2.45) is 0 Å². The van der Waals surface area contributed by atoms with Gasteiger partial charge in [0.1, 0.15) is 5.75 Å². The lowest BCUT2D eigenvalue weighted by Crippen LogP contribution is -2.26. The Bertz CT molecular complexity index is 533. The minimum atomic E-state index is 0.292. The molecule has 0 aliphatic carbocycles. The molecular weight excluding hydrogens is 262 g/mol. The lowest BCUT2D eigenvalue weighted by Gasteiger charge is -2.20. The van der Waals surface area contributed by atoms with E-state index in [1.54, 1.807) is 7.11 Å². The normalized spacial score (nSPS) is 12.3. The summed E-state index contributed by atoms with van der Waals surface area (Å²) < 4.78 is 7.28. The summed E-state index contributed by atoms with van der Waals surface area (Å²) in [4.78, 5) is 0. The predicted octanol–water partition coefficient (Wildman–Crippen LogP) is 3.20. The molecule has 2 aromatic rings. The molecule has 1 N–H and O–H groups in total. The summed E-state index contributed by atoms with van der Waals surface area (Å²) in [6, 6.07) is 10.7. The fourth-order valence-electron chi connectivity index (χ4n) is 2.50. The number of hydrogen-bond acceptors (Lipinski definition) is 3. The largest absolute Gasteiger partial charge is 0.497 e. The Labute approximate surface area is 127 Å². The molecule has 0 amide bonds. The number of methoxy groups -OCH3 is 1. The van der Waals surface area contributed by atoms with Crippen LogP contribution in [-0.4, -0.2) is 23.4 Å². The number of nitrogens with zero attached hydrogens (tertiary/aromatic N) is 2. The van der Waals surface area contributed by atoms with Gasteiger partial charge in [-0.05, 0) is 50.1 Å². The Kier molecular flexibility index (Phi) is 5.81. The van der Waals surface area contributed by atoms with Crippen molar-refractivity contribution in [3.8, 4) is 5.75 Å². The van der Waals surface area contributed by atoms with Gasteiger partial charge in [-0.15, -0.1) is 0 Å². The van der Waals surface area contributed by atoms with Gasteiger partial charge in [0.05, 0.1) is 18.8 Å². The zero-order chi connectivity index (χ0) is 15.1. The molecule has 0 radical (unpaired) electrons. The monoisotopic (exact) mass is 287 g/mol. The molecule has 0 saturated heterocycles. The maximum atomic E-state index is 5.22. The van der Waals surface area contributed by atoms with E-state index in [-0.39, 0.29) is 0 Å². The molecule has 1 heterocycles. The van der Waals surface area contributed by atoms with Gasteiger partial charge in [-0.2, -0.15) is 5.10 Å². The first-order valence-corrected chi connectivity index (χ1v) is 7.66. The van der Waals surface area contributed by atoms with Crippen LogP contribution in [0, 0.1) is 0 Å². The second kappa shape index (κ2) is 7.84. The Morgan fingerprint density at radius 1 is 1.19 bits per heavy atom. The molecule has 0 saturated carbocycles. The van der Waals surface area contributed by atoms with E-state index in [1.165, 1.54) is 11.3 Å². The zero-order valence-corrected chi connectivity index (χ0v) is 13.2. The highest BCUT2D eigenvalue weighted by Gasteiger charge is 2.15. The Morgan fingerprint density at radius 3 is 2.57 bits per heavy atom. The van der Waals surface area contributed by atoms with Crippen LogP contribution in [0.1, 0.15) is 37.6 Å². The van der Waals surface area contributed by atoms with Crippen molar-refractivity contribution in [2.75, 3.05) is 13.7 Å². The van der Waals surface area contributed by atoms with Crippen molar-refractivity contribution >= 4 is 0 Å². The molecule has 1 atom stereocenters. The summed E-state index contributed by atoms with van der Waals surface area (Å²) in [5, 5.41) is 8.02. The summed E-state index contributed by atoms with van der Waals surface area (Å²) in [7, 11) is 1.69. The smallest absolute Gasteiger partial charge is 0.118 e. The lowest BCUT2D eigenvalue weighted by atomic mass is 10.0. The lowest BCUT2D eigenvalue weighted by molar-refractivity contribution is 0.414. The number of nitrogens with one attached hydrogen (secondary N) is 1. The van der Waals surface area contributed by atoms with Gasteiger partial charge < -0.3 is 10.1 Å². The number of rotatable bonds is 8. The van der Waals surface area contributed by atoms with E-state index in [0.717, 1.165) is 31.7 Å². The Balaban J connectivity index is 2.15. The summed E-state index contributed by atoms with van der Waals surface area (Å²) in [6.45, 7) is 6.22. The number of benzene rings is 1. The fraction of sp³-hybridized carbons (Fsp3) is 0.471. The van der Waals surface area contributed by atoms with E-state index in [1.807, 2.05) is 18.3 Å². The van der Waals surface area contributed by atoms with E-state index in [2.05, 4.69) is 47.1 Å². The highest BCUT2D eigenvalue weighted by Crippen LogP contribution is 2.20. The maximum absolute atomic E-state index is 5.22. The molecule has 4 nitrogen and oxygen atoms in total. The average Bonchev–Trinajstić information content (AvgIpc) is 3.00. The molecule has 2 rings (SSSR count). The third-order valence-corrected chi connectivity index (χ3v) is 3.65. The molecule has 1 aromatic carbocycles. The molecule has 0 fully saturated rings. The molecule has 114 valence electrons. The number of hydrogen-bond donors (Lipinski definition) is 1. The molecular formula is C17H25N3O. The standard InChI is InChI=1S/C17H25N3O/c1-4-11-18-16(17-10-12-19-20(17)5-2)13-14-6-8-15(21-3)9-7-14/h6-10,12,16,18H,4-5,11,13H2,1-3H3. The van der Waals surface area contributed by atoms with Crippen LogP contribution in [0.3, 0.4) is 0 Å². The van der Waals surface area contributed by atoms with Crippen LogP contribution in [0.15, 0.2) is 36.5 Å².